The number of rotatable bonds is 3. The van der Waals surface area contributed by atoms with E-state index in [4.69, 9.17) is 11.6 Å². The Labute approximate surface area is 162 Å². The highest BCUT2D eigenvalue weighted by molar-refractivity contribution is 6.33. The highest BCUT2D eigenvalue weighted by Gasteiger charge is 2.31. The maximum atomic E-state index is 13.1. The monoisotopic (exact) mass is 392 g/mol. The quantitative estimate of drug-likeness (QED) is 0.807. The van der Waals surface area contributed by atoms with Crippen LogP contribution in [0.2, 0.25) is 5.15 Å². The fourth-order valence-electron chi connectivity index (χ4n) is 3.35. The zero-order chi connectivity index (χ0) is 19.7. The molecule has 8 heteroatoms. The Morgan fingerprint density at radius 3 is 2.33 bits per heavy atom. The second-order valence-corrected chi connectivity index (χ2v) is 7.30. The molecule has 1 fully saturated rings. The summed E-state index contributed by atoms with van der Waals surface area (Å²) in [6.07, 6.45) is 1.26. The topological polar surface area (TPSA) is 58.4 Å². The van der Waals surface area contributed by atoms with Crippen LogP contribution in [0, 0.1) is 18.7 Å². The SMILES string of the molecule is Cc1nn(-c2ccc(F)cc2)c(Cl)c1C(=O)N1CCC(C(=O)N(C)C)CC1. The molecule has 1 aromatic heterocycles. The first-order chi connectivity index (χ1) is 12.8. The van der Waals surface area contributed by atoms with Gasteiger partial charge in [0.1, 0.15) is 11.0 Å². The number of hydrogen-bond donors (Lipinski definition) is 0. The van der Waals surface area contributed by atoms with Crippen LogP contribution in [0.3, 0.4) is 0 Å². The summed E-state index contributed by atoms with van der Waals surface area (Å²) in [5.74, 6) is -0.505. The predicted octanol–water partition coefficient (Wildman–Crippen LogP) is 2.91. The maximum Gasteiger partial charge on any atom is 0.258 e. The summed E-state index contributed by atoms with van der Waals surface area (Å²) in [7, 11) is 3.49. The van der Waals surface area contributed by atoms with Gasteiger partial charge in [0.2, 0.25) is 5.91 Å². The highest BCUT2D eigenvalue weighted by Crippen LogP contribution is 2.27. The fraction of sp³-hybridized carbons (Fsp3) is 0.421. The summed E-state index contributed by atoms with van der Waals surface area (Å²) in [4.78, 5) is 28.4. The molecule has 2 heterocycles. The van der Waals surface area contributed by atoms with Crippen molar-refractivity contribution in [2.75, 3.05) is 27.2 Å². The van der Waals surface area contributed by atoms with Gasteiger partial charge in [0.15, 0.2) is 0 Å². The van der Waals surface area contributed by atoms with Gasteiger partial charge in [-0.25, -0.2) is 9.07 Å². The van der Waals surface area contributed by atoms with Crippen LogP contribution < -0.4 is 0 Å². The predicted molar refractivity (Wildman–Crippen MR) is 101 cm³/mol. The van der Waals surface area contributed by atoms with Crippen molar-refractivity contribution in [3.8, 4) is 5.69 Å². The minimum absolute atomic E-state index is 0.0532. The van der Waals surface area contributed by atoms with E-state index in [2.05, 4.69) is 5.10 Å². The molecule has 144 valence electrons. The number of carbonyl (C=O) groups is 2. The molecule has 0 spiro atoms. The Hall–Kier alpha value is -2.41. The summed E-state index contributed by atoms with van der Waals surface area (Å²) in [6, 6.07) is 5.74. The van der Waals surface area contributed by atoms with Gasteiger partial charge < -0.3 is 9.80 Å². The number of halogens is 2. The Kier molecular flexibility index (Phi) is 5.51. The van der Waals surface area contributed by atoms with Crippen molar-refractivity contribution in [2.45, 2.75) is 19.8 Å². The Morgan fingerprint density at radius 1 is 1.19 bits per heavy atom. The van der Waals surface area contributed by atoms with E-state index in [-0.39, 0.29) is 28.7 Å². The van der Waals surface area contributed by atoms with Crippen LogP contribution >= 0.6 is 11.6 Å². The fourth-order valence-corrected chi connectivity index (χ4v) is 3.70. The molecule has 0 saturated carbocycles. The van der Waals surface area contributed by atoms with Crippen molar-refractivity contribution in [1.29, 1.82) is 0 Å². The third-order valence-electron chi connectivity index (χ3n) is 4.86. The number of amides is 2. The van der Waals surface area contributed by atoms with E-state index in [9.17, 15) is 14.0 Å². The number of aryl methyl sites for hydroxylation is 1. The lowest BCUT2D eigenvalue weighted by atomic mass is 9.95. The minimum Gasteiger partial charge on any atom is -0.349 e. The van der Waals surface area contributed by atoms with Crippen molar-refractivity contribution in [2.24, 2.45) is 5.92 Å². The lowest BCUT2D eigenvalue weighted by Gasteiger charge is -2.32. The Morgan fingerprint density at radius 2 is 1.78 bits per heavy atom. The molecule has 1 aliphatic heterocycles. The molecule has 0 aliphatic carbocycles. The Bertz CT molecular complexity index is 855. The van der Waals surface area contributed by atoms with E-state index in [0.717, 1.165) is 0 Å². The highest BCUT2D eigenvalue weighted by atomic mass is 35.5. The number of aromatic nitrogens is 2. The average Bonchev–Trinajstić information content (AvgIpc) is 2.95. The molecule has 1 saturated heterocycles. The van der Waals surface area contributed by atoms with Crippen LogP contribution in [0.4, 0.5) is 4.39 Å². The molecule has 27 heavy (non-hydrogen) atoms. The van der Waals surface area contributed by atoms with Crippen molar-refractivity contribution >= 4 is 23.4 Å². The van der Waals surface area contributed by atoms with Crippen molar-refractivity contribution in [3.05, 3.63) is 46.5 Å². The molecule has 2 amide bonds. The zero-order valence-electron chi connectivity index (χ0n) is 15.6. The van der Waals surface area contributed by atoms with E-state index < -0.39 is 0 Å². The van der Waals surface area contributed by atoms with E-state index >= 15 is 0 Å². The van der Waals surface area contributed by atoms with Gasteiger partial charge in [0.05, 0.1) is 16.9 Å². The number of piperidine rings is 1. The first-order valence-electron chi connectivity index (χ1n) is 8.81. The minimum atomic E-state index is -0.356. The molecule has 0 unspecified atom stereocenters. The van der Waals surface area contributed by atoms with Crippen molar-refractivity contribution in [1.82, 2.24) is 19.6 Å². The van der Waals surface area contributed by atoms with Crippen LogP contribution in [0.1, 0.15) is 28.9 Å². The molecule has 1 aliphatic rings. The zero-order valence-corrected chi connectivity index (χ0v) is 16.3. The second-order valence-electron chi connectivity index (χ2n) is 6.94. The summed E-state index contributed by atoms with van der Waals surface area (Å²) >= 11 is 6.44. The largest absolute Gasteiger partial charge is 0.349 e. The third kappa shape index (κ3) is 3.83. The first-order valence-corrected chi connectivity index (χ1v) is 9.19. The molecule has 0 bridgehead atoms. The molecule has 6 nitrogen and oxygen atoms in total. The average molecular weight is 393 g/mol. The number of likely N-dealkylation sites (tertiary alicyclic amines) is 1. The molecule has 0 radical (unpaired) electrons. The van der Waals surface area contributed by atoms with Gasteiger partial charge in [-0.1, -0.05) is 11.6 Å². The molecule has 0 atom stereocenters. The van der Waals surface area contributed by atoms with Crippen LogP contribution in [0.25, 0.3) is 5.69 Å². The lowest BCUT2D eigenvalue weighted by molar-refractivity contribution is -0.134. The molecule has 3 rings (SSSR count). The summed E-state index contributed by atoms with van der Waals surface area (Å²) < 4.78 is 14.6. The molecule has 2 aromatic rings. The number of benzene rings is 1. The maximum absolute atomic E-state index is 13.1. The molecule has 1 aromatic carbocycles. The second kappa shape index (κ2) is 7.68. The standard InChI is InChI=1S/C19H22ClFN4O2/c1-12-16(17(20)25(22-12)15-6-4-14(21)5-7-15)19(27)24-10-8-13(9-11-24)18(26)23(2)3/h4-7,13H,8-11H2,1-3H3. The smallest absolute Gasteiger partial charge is 0.258 e. The van der Waals surface area contributed by atoms with Gasteiger partial charge >= 0.3 is 0 Å². The summed E-state index contributed by atoms with van der Waals surface area (Å²) in [6.45, 7) is 2.72. The van der Waals surface area contributed by atoms with Crippen molar-refractivity contribution < 1.29 is 14.0 Å². The van der Waals surface area contributed by atoms with Gasteiger partial charge in [-0.3, -0.25) is 9.59 Å². The normalized spacial score (nSPS) is 15.1. The van der Waals surface area contributed by atoms with Crippen LogP contribution in [0.15, 0.2) is 24.3 Å². The van der Waals surface area contributed by atoms with Gasteiger partial charge in [-0.15, -0.1) is 0 Å². The lowest BCUT2D eigenvalue weighted by Crippen LogP contribution is -2.42. The number of carbonyl (C=O) groups excluding carboxylic acids is 2. The van der Waals surface area contributed by atoms with Gasteiger partial charge in [-0.2, -0.15) is 5.10 Å². The Balaban J connectivity index is 1.78. The first kappa shape index (κ1) is 19.4. The number of hydrogen-bond acceptors (Lipinski definition) is 3. The van der Waals surface area contributed by atoms with Crippen molar-refractivity contribution in [3.63, 3.8) is 0 Å². The van der Waals surface area contributed by atoms with Crippen LogP contribution in [0.5, 0.6) is 0 Å². The van der Waals surface area contributed by atoms with Crippen LogP contribution in [-0.4, -0.2) is 58.6 Å². The molecular weight excluding hydrogens is 371 g/mol. The van der Waals surface area contributed by atoms with Gasteiger partial charge in [0.25, 0.3) is 5.91 Å². The summed E-state index contributed by atoms with van der Waals surface area (Å²) in [5, 5.41) is 4.55. The van der Waals surface area contributed by atoms with E-state index in [0.29, 0.717) is 42.9 Å². The van der Waals surface area contributed by atoms with Gasteiger partial charge in [-0.05, 0) is 44.0 Å². The number of nitrogens with zero attached hydrogens (tertiary/aromatic N) is 4. The van der Waals surface area contributed by atoms with E-state index in [1.54, 1.807) is 43.0 Å². The van der Waals surface area contributed by atoms with E-state index in [1.807, 2.05) is 0 Å². The third-order valence-corrected chi connectivity index (χ3v) is 5.21. The van der Waals surface area contributed by atoms with E-state index in [1.165, 1.54) is 16.8 Å². The summed E-state index contributed by atoms with van der Waals surface area (Å²) in [5.41, 5.74) is 1.44. The molecular formula is C19H22ClFN4O2. The van der Waals surface area contributed by atoms with Gasteiger partial charge in [0, 0.05) is 33.1 Å². The molecule has 0 N–H and O–H groups in total. The van der Waals surface area contributed by atoms with Crippen LogP contribution in [-0.2, 0) is 4.79 Å².